The number of fused-ring (bicyclic) bond motifs is 1. The summed E-state index contributed by atoms with van der Waals surface area (Å²) in [6, 6.07) is 8.88. The quantitative estimate of drug-likeness (QED) is 0.910. The summed E-state index contributed by atoms with van der Waals surface area (Å²) in [6.45, 7) is 0.209. The fourth-order valence-corrected chi connectivity index (χ4v) is 4.01. The summed E-state index contributed by atoms with van der Waals surface area (Å²) in [5, 5.41) is 16.1. The molecule has 1 aliphatic rings. The van der Waals surface area contributed by atoms with E-state index in [0.717, 1.165) is 18.4 Å². The normalized spacial score (nSPS) is 20.9. The summed E-state index contributed by atoms with van der Waals surface area (Å²) in [4.78, 5) is 13.4. The third-order valence-corrected chi connectivity index (χ3v) is 5.21. The number of aryl methyl sites for hydroxylation is 1. The maximum atomic E-state index is 12.2. The smallest absolute Gasteiger partial charge is 0.252 e. The molecule has 2 aromatic rings. The van der Waals surface area contributed by atoms with Gasteiger partial charge < -0.3 is 10.4 Å². The Hall–Kier alpha value is -1.36. The highest BCUT2D eigenvalue weighted by Gasteiger charge is 2.35. The van der Waals surface area contributed by atoms with Crippen molar-refractivity contribution in [1.29, 1.82) is 0 Å². The highest BCUT2D eigenvalue weighted by molar-refractivity contribution is 7.10. The average molecular weight is 322 g/mol. The van der Waals surface area contributed by atoms with Gasteiger partial charge in [-0.1, -0.05) is 23.7 Å². The van der Waals surface area contributed by atoms with Crippen molar-refractivity contribution in [3.63, 3.8) is 0 Å². The summed E-state index contributed by atoms with van der Waals surface area (Å²) >= 11 is 7.68. The predicted octanol–water partition coefficient (Wildman–Crippen LogP) is 3.36. The summed E-state index contributed by atoms with van der Waals surface area (Å²) in [5.41, 5.74) is 0.423. The van der Waals surface area contributed by atoms with Crippen molar-refractivity contribution in [2.45, 2.75) is 24.9 Å². The largest absolute Gasteiger partial charge is 0.383 e. The van der Waals surface area contributed by atoms with Crippen molar-refractivity contribution >= 4 is 28.8 Å². The second-order valence-corrected chi connectivity index (χ2v) is 6.71. The molecule has 3 rings (SSSR count). The third kappa shape index (κ3) is 2.84. The highest BCUT2D eigenvalue weighted by atomic mass is 35.5. The zero-order valence-corrected chi connectivity index (χ0v) is 13.0. The van der Waals surface area contributed by atoms with Crippen LogP contribution in [0.2, 0.25) is 5.02 Å². The van der Waals surface area contributed by atoms with Gasteiger partial charge in [-0.05, 0) is 48.4 Å². The minimum atomic E-state index is -0.968. The fraction of sp³-hybridized carbons (Fsp3) is 0.312. The Bertz CT molecular complexity index is 670. The number of halogens is 1. The van der Waals surface area contributed by atoms with E-state index in [4.69, 9.17) is 11.6 Å². The van der Waals surface area contributed by atoms with E-state index in [1.165, 1.54) is 4.88 Å². The molecule has 21 heavy (non-hydrogen) atoms. The Morgan fingerprint density at radius 1 is 1.38 bits per heavy atom. The van der Waals surface area contributed by atoms with Crippen molar-refractivity contribution in [2.75, 3.05) is 6.54 Å². The Morgan fingerprint density at radius 3 is 3.00 bits per heavy atom. The number of thiophene rings is 1. The molecule has 0 fully saturated rings. The maximum absolute atomic E-state index is 12.2. The minimum absolute atomic E-state index is 0.209. The van der Waals surface area contributed by atoms with Crippen LogP contribution in [-0.4, -0.2) is 17.6 Å². The molecule has 0 radical (unpaired) electrons. The van der Waals surface area contributed by atoms with Gasteiger partial charge >= 0.3 is 0 Å². The van der Waals surface area contributed by atoms with Crippen molar-refractivity contribution < 1.29 is 9.90 Å². The first-order valence-electron chi connectivity index (χ1n) is 6.92. The molecule has 0 saturated carbocycles. The van der Waals surface area contributed by atoms with Crippen LogP contribution in [0.25, 0.3) is 0 Å². The first-order valence-corrected chi connectivity index (χ1v) is 8.18. The van der Waals surface area contributed by atoms with E-state index in [1.54, 1.807) is 35.6 Å². The molecule has 0 spiro atoms. The molecule has 1 unspecified atom stereocenters. The van der Waals surface area contributed by atoms with Crippen LogP contribution in [0.1, 0.15) is 33.6 Å². The van der Waals surface area contributed by atoms with Crippen LogP contribution < -0.4 is 5.32 Å². The number of carbonyl (C=O) groups is 1. The van der Waals surface area contributed by atoms with Crippen LogP contribution in [-0.2, 0) is 12.0 Å². The summed E-state index contributed by atoms with van der Waals surface area (Å²) in [6.07, 6.45) is 2.61. The maximum Gasteiger partial charge on any atom is 0.252 e. The molecule has 0 bridgehead atoms. The predicted molar refractivity (Wildman–Crippen MR) is 84.9 cm³/mol. The SMILES string of the molecule is O=C(NCC1(O)CCCc2sccc21)c1ccccc1Cl. The van der Waals surface area contributed by atoms with Gasteiger partial charge in [0.05, 0.1) is 17.1 Å². The van der Waals surface area contributed by atoms with E-state index in [9.17, 15) is 9.90 Å². The Balaban J connectivity index is 1.74. The van der Waals surface area contributed by atoms with E-state index in [1.807, 2.05) is 11.4 Å². The van der Waals surface area contributed by atoms with Gasteiger partial charge in [-0.3, -0.25) is 4.79 Å². The van der Waals surface area contributed by atoms with Crippen molar-refractivity contribution in [3.05, 3.63) is 56.7 Å². The molecule has 1 heterocycles. The topological polar surface area (TPSA) is 49.3 Å². The van der Waals surface area contributed by atoms with Gasteiger partial charge in [-0.15, -0.1) is 11.3 Å². The van der Waals surface area contributed by atoms with Gasteiger partial charge in [0.2, 0.25) is 0 Å². The summed E-state index contributed by atoms with van der Waals surface area (Å²) in [7, 11) is 0. The van der Waals surface area contributed by atoms with E-state index in [0.29, 0.717) is 17.0 Å². The molecule has 1 amide bonds. The second kappa shape index (κ2) is 5.79. The van der Waals surface area contributed by atoms with E-state index in [2.05, 4.69) is 5.32 Å². The van der Waals surface area contributed by atoms with Gasteiger partial charge in [0.25, 0.3) is 5.91 Å². The molecule has 0 aliphatic heterocycles. The average Bonchev–Trinajstić information content (AvgIpc) is 2.96. The van der Waals surface area contributed by atoms with Crippen molar-refractivity contribution in [1.82, 2.24) is 5.32 Å². The van der Waals surface area contributed by atoms with E-state index in [-0.39, 0.29) is 12.5 Å². The zero-order chi connectivity index (χ0) is 14.9. The Morgan fingerprint density at radius 2 is 2.19 bits per heavy atom. The van der Waals surface area contributed by atoms with Crippen molar-refractivity contribution in [3.8, 4) is 0 Å². The first kappa shape index (κ1) is 14.6. The molecule has 3 nitrogen and oxygen atoms in total. The van der Waals surface area contributed by atoms with Gasteiger partial charge in [-0.25, -0.2) is 0 Å². The lowest BCUT2D eigenvalue weighted by Gasteiger charge is -2.32. The van der Waals surface area contributed by atoms with Crippen LogP contribution in [0.5, 0.6) is 0 Å². The van der Waals surface area contributed by atoms with Crippen LogP contribution in [0.15, 0.2) is 35.7 Å². The summed E-state index contributed by atoms with van der Waals surface area (Å²) < 4.78 is 0. The van der Waals surface area contributed by atoms with Crippen LogP contribution >= 0.6 is 22.9 Å². The molecule has 5 heteroatoms. The van der Waals surface area contributed by atoms with Crippen molar-refractivity contribution in [2.24, 2.45) is 0 Å². The van der Waals surface area contributed by atoms with Crippen LogP contribution in [0.3, 0.4) is 0 Å². The van der Waals surface area contributed by atoms with E-state index < -0.39 is 5.60 Å². The van der Waals surface area contributed by atoms with Gasteiger partial charge in [0, 0.05) is 4.88 Å². The Kier molecular flexibility index (Phi) is 4.02. The summed E-state index contributed by atoms with van der Waals surface area (Å²) in [5.74, 6) is -0.253. The molecule has 1 aromatic heterocycles. The number of amides is 1. The Labute approximate surface area is 132 Å². The number of rotatable bonds is 3. The van der Waals surface area contributed by atoms with E-state index >= 15 is 0 Å². The van der Waals surface area contributed by atoms with Gasteiger partial charge in [0.15, 0.2) is 0 Å². The van der Waals surface area contributed by atoms with Gasteiger partial charge in [-0.2, -0.15) is 0 Å². The monoisotopic (exact) mass is 321 g/mol. The lowest BCUT2D eigenvalue weighted by molar-refractivity contribution is 0.0197. The fourth-order valence-electron chi connectivity index (χ4n) is 2.78. The first-order chi connectivity index (χ1) is 10.1. The number of benzene rings is 1. The van der Waals surface area contributed by atoms with Crippen LogP contribution in [0, 0.1) is 0 Å². The number of nitrogens with one attached hydrogen (secondary N) is 1. The molecule has 0 saturated heterocycles. The molecule has 110 valence electrons. The standard InChI is InChI=1S/C16H16ClNO2S/c17-13-5-2-1-4-11(13)15(19)18-10-16(20)8-3-6-14-12(16)7-9-21-14/h1-2,4-5,7,9,20H,3,6,8,10H2,(H,18,19). The molecule has 2 N–H and O–H groups in total. The molecular formula is C16H16ClNO2S. The lowest BCUT2D eigenvalue weighted by Crippen LogP contribution is -2.42. The molecule has 1 aliphatic carbocycles. The second-order valence-electron chi connectivity index (χ2n) is 5.31. The molecule has 1 aromatic carbocycles. The molecule has 1 atom stereocenters. The number of hydrogen-bond acceptors (Lipinski definition) is 3. The van der Waals surface area contributed by atoms with Crippen LogP contribution in [0.4, 0.5) is 0 Å². The minimum Gasteiger partial charge on any atom is -0.383 e. The zero-order valence-electron chi connectivity index (χ0n) is 11.4. The highest BCUT2D eigenvalue weighted by Crippen LogP contribution is 2.37. The lowest BCUT2D eigenvalue weighted by atomic mass is 9.83. The third-order valence-electron chi connectivity index (χ3n) is 3.90. The number of carbonyl (C=O) groups excluding carboxylic acids is 1. The molecular weight excluding hydrogens is 306 g/mol. The number of aliphatic hydroxyl groups is 1. The van der Waals surface area contributed by atoms with Gasteiger partial charge in [0.1, 0.15) is 5.60 Å². The number of hydrogen-bond donors (Lipinski definition) is 2.